The summed E-state index contributed by atoms with van der Waals surface area (Å²) in [7, 11) is 0. The Morgan fingerprint density at radius 3 is 2.56 bits per heavy atom. The molecule has 0 aromatic heterocycles. The van der Waals surface area contributed by atoms with Gasteiger partial charge in [-0.1, -0.05) is 18.2 Å². The third-order valence-electron chi connectivity index (χ3n) is 2.47. The molecule has 0 saturated heterocycles. The summed E-state index contributed by atoms with van der Waals surface area (Å²) >= 11 is 2.19. The van der Waals surface area contributed by atoms with Crippen LogP contribution in [0.3, 0.4) is 0 Å². The molecule has 1 amide bonds. The minimum atomic E-state index is -0.432. The topological polar surface area (TPSA) is 52.3 Å². The number of rotatable bonds is 4. The maximum Gasteiger partial charge on any atom is 0.249 e. The van der Waals surface area contributed by atoms with Gasteiger partial charge in [-0.3, -0.25) is 4.79 Å². The van der Waals surface area contributed by atoms with Crippen molar-refractivity contribution in [1.29, 1.82) is 0 Å². The van der Waals surface area contributed by atoms with Crippen LogP contribution >= 0.6 is 22.6 Å². The molecule has 92 valence electrons. The van der Waals surface area contributed by atoms with Gasteiger partial charge in [-0.25, -0.2) is 0 Å². The second kappa shape index (κ2) is 5.86. The van der Waals surface area contributed by atoms with E-state index in [1.54, 1.807) is 6.07 Å². The van der Waals surface area contributed by atoms with Gasteiger partial charge < -0.3 is 10.5 Å². The monoisotopic (exact) mass is 353 g/mol. The average molecular weight is 353 g/mol. The Hall–Kier alpha value is -1.56. The van der Waals surface area contributed by atoms with E-state index < -0.39 is 5.91 Å². The number of carbonyl (C=O) groups excluding carboxylic acids is 1. The Kier molecular flexibility index (Phi) is 4.19. The third kappa shape index (κ3) is 3.22. The molecule has 0 unspecified atom stereocenters. The number of para-hydroxylation sites is 1. The van der Waals surface area contributed by atoms with Crippen LogP contribution in [0.25, 0.3) is 0 Å². The number of halogens is 1. The summed E-state index contributed by atoms with van der Waals surface area (Å²) in [6.45, 7) is 0.332. The molecular formula is C14H12INO2. The van der Waals surface area contributed by atoms with Gasteiger partial charge >= 0.3 is 0 Å². The summed E-state index contributed by atoms with van der Waals surface area (Å²) in [5.41, 5.74) is 6.65. The molecule has 0 aliphatic heterocycles. The van der Waals surface area contributed by atoms with Crippen LogP contribution < -0.4 is 10.5 Å². The molecule has 2 aromatic carbocycles. The molecule has 2 aromatic rings. The lowest BCUT2D eigenvalue weighted by Crippen LogP contribution is -2.15. The number of primary amides is 1. The lowest BCUT2D eigenvalue weighted by atomic mass is 10.1. The molecule has 4 heteroatoms. The fourth-order valence-corrected chi connectivity index (χ4v) is 2.16. The number of hydrogen-bond acceptors (Lipinski definition) is 2. The standard InChI is InChI=1S/C14H12INO2/c15-11-6-7-13(14(16)17)10(8-11)9-18-12-4-2-1-3-5-12/h1-8H,9H2,(H2,16,17). The van der Waals surface area contributed by atoms with Crippen LogP contribution in [0.5, 0.6) is 5.75 Å². The second-order valence-corrected chi connectivity index (χ2v) is 5.01. The van der Waals surface area contributed by atoms with Crippen LogP contribution in [-0.4, -0.2) is 5.91 Å². The van der Waals surface area contributed by atoms with Gasteiger partial charge in [-0.05, 0) is 52.9 Å². The molecule has 2 rings (SSSR count). The summed E-state index contributed by atoms with van der Waals surface area (Å²) in [4.78, 5) is 11.3. The summed E-state index contributed by atoms with van der Waals surface area (Å²) in [5, 5.41) is 0. The Bertz CT molecular complexity index is 555. The Balaban J connectivity index is 2.18. The lowest BCUT2D eigenvalue weighted by molar-refractivity contribution is 0.0998. The second-order valence-electron chi connectivity index (χ2n) is 3.77. The summed E-state index contributed by atoms with van der Waals surface area (Å²) in [6, 6.07) is 15.0. The van der Waals surface area contributed by atoms with Gasteiger partial charge in [-0.2, -0.15) is 0 Å². The molecule has 0 radical (unpaired) electrons. The Morgan fingerprint density at radius 2 is 1.89 bits per heavy atom. The zero-order chi connectivity index (χ0) is 13.0. The number of ether oxygens (including phenoxy) is 1. The van der Waals surface area contributed by atoms with E-state index in [9.17, 15) is 4.79 Å². The summed E-state index contributed by atoms with van der Waals surface area (Å²) in [6.07, 6.45) is 0. The molecule has 0 aliphatic carbocycles. The zero-order valence-corrected chi connectivity index (χ0v) is 11.8. The van der Waals surface area contributed by atoms with Gasteiger partial charge in [0.1, 0.15) is 12.4 Å². The van der Waals surface area contributed by atoms with Crippen LogP contribution in [0, 0.1) is 3.57 Å². The fourth-order valence-electron chi connectivity index (χ4n) is 1.60. The highest BCUT2D eigenvalue weighted by Crippen LogP contribution is 2.17. The highest BCUT2D eigenvalue weighted by atomic mass is 127. The maximum absolute atomic E-state index is 11.3. The quantitative estimate of drug-likeness (QED) is 0.860. The number of hydrogen-bond donors (Lipinski definition) is 1. The van der Waals surface area contributed by atoms with E-state index in [4.69, 9.17) is 10.5 Å². The van der Waals surface area contributed by atoms with E-state index >= 15 is 0 Å². The van der Waals surface area contributed by atoms with E-state index in [1.165, 1.54) is 0 Å². The van der Waals surface area contributed by atoms with E-state index in [0.29, 0.717) is 12.2 Å². The number of nitrogens with two attached hydrogens (primary N) is 1. The predicted octanol–water partition coefficient (Wildman–Crippen LogP) is 2.97. The number of benzene rings is 2. The van der Waals surface area contributed by atoms with Crippen LogP contribution in [-0.2, 0) is 6.61 Å². The van der Waals surface area contributed by atoms with Crippen LogP contribution in [0.15, 0.2) is 48.5 Å². The largest absolute Gasteiger partial charge is 0.489 e. The van der Waals surface area contributed by atoms with Gasteiger partial charge in [0, 0.05) is 14.7 Å². The van der Waals surface area contributed by atoms with E-state index in [2.05, 4.69) is 22.6 Å². The first-order valence-corrected chi connectivity index (χ1v) is 6.51. The van der Waals surface area contributed by atoms with Crippen molar-refractivity contribution in [2.75, 3.05) is 0 Å². The molecule has 0 heterocycles. The van der Waals surface area contributed by atoms with Crippen molar-refractivity contribution >= 4 is 28.5 Å². The van der Waals surface area contributed by atoms with E-state index in [-0.39, 0.29) is 0 Å². The smallest absolute Gasteiger partial charge is 0.249 e. The van der Waals surface area contributed by atoms with Crippen LogP contribution in [0.1, 0.15) is 15.9 Å². The van der Waals surface area contributed by atoms with E-state index in [1.807, 2.05) is 42.5 Å². The first-order chi connectivity index (χ1) is 8.66. The minimum Gasteiger partial charge on any atom is -0.489 e. The number of carbonyl (C=O) groups is 1. The van der Waals surface area contributed by atoms with Crippen molar-refractivity contribution in [3.63, 3.8) is 0 Å². The molecule has 18 heavy (non-hydrogen) atoms. The highest BCUT2D eigenvalue weighted by molar-refractivity contribution is 14.1. The van der Waals surface area contributed by atoms with Gasteiger partial charge in [0.05, 0.1) is 0 Å². The third-order valence-corrected chi connectivity index (χ3v) is 3.14. The van der Waals surface area contributed by atoms with Crippen molar-refractivity contribution in [3.05, 3.63) is 63.2 Å². The first kappa shape index (κ1) is 12.9. The van der Waals surface area contributed by atoms with Gasteiger partial charge in [-0.15, -0.1) is 0 Å². The average Bonchev–Trinajstić information content (AvgIpc) is 2.37. The molecule has 0 spiro atoms. The van der Waals surface area contributed by atoms with Crippen LogP contribution in [0.2, 0.25) is 0 Å². The van der Waals surface area contributed by atoms with E-state index in [0.717, 1.165) is 14.9 Å². The molecule has 3 nitrogen and oxygen atoms in total. The van der Waals surface area contributed by atoms with Crippen molar-refractivity contribution in [2.24, 2.45) is 5.73 Å². The number of amides is 1. The normalized spacial score (nSPS) is 10.1. The fraction of sp³-hybridized carbons (Fsp3) is 0.0714. The Labute approximate surface area is 119 Å². The van der Waals surface area contributed by atoms with Gasteiger partial charge in [0.25, 0.3) is 0 Å². The van der Waals surface area contributed by atoms with Crippen molar-refractivity contribution in [1.82, 2.24) is 0 Å². The van der Waals surface area contributed by atoms with Gasteiger partial charge in [0.15, 0.2) is 0 Å². The Morgan fingerprint density at radius 1 is 1.17 bits per heavy atom. The molecule has 0 atom stereocenters. The van der Waals surface area contributed by atoms with Crippen molar-refractivity contribution in [2.45, 2.75) is 6.61 Å². The maximum atomic E-state index is 11.3. The molecule has 0 fully saturated rings. The van der Waals surface area contributed by atoms with Gasteiger partial charge in [0.2, 0.25) is 5.91 Å². The lowest BCUT2D eigenvalue weighted by Gasteiger charge is -2.09. The molecule has 0 saturated carbocycles. The zero-order valence-electron chi connectivity index (χ0n) is 9.60. The van der Waals surface area contributed by atoms with Crippen molar-refractivity contribution in [3.8, 4) is 5.75 Å². The summed E-state index contributed by atoms with van der Waals surface area (Å²) in [5.74, 6) is 0.338. The molecule has 0 aliphatic rings. The first-order valence-electron chi connectivity index (χ1n) is 5.43. The van der Waals surface area contributed by atoms with Crippen LogP contribution in [0.4, 0.5) is 0 Å². The molecule has 0 bridgehead atoms. The predicted molar refractivity (Wildman–Crippen MR) is 78.5 cm³/mol. The molecule has 2 N–H and O–H groups in total. The van der Waals surface area contributed by atoms with Crippen molar-refractivity contribution < 1.29 is 9.53 Å². The summed E-state index contributed by atoms with van der Waals surface area (Å²) < 4.78 is 6.67. The minimum absolute atomic E-state index is 0.332. The SMILES string of the molecule is NC(=O)c1ccc(I)cc1COc1ccccc1. The highest BCUT2D eigenvalue weighted by Gasteiger charge is 2.09. The molecular weight excluding hydrogens is 341 g/mol.